The molecule has 1 aliphatic heterocycles. The molecule has 1 saturated carbocycles. The number of rotatable bonds is 8. The molecule has 11 heteroatoms. The van der Waals surface area contributed by atoms with Gasteiger partial charge in [0.15, 0.2) is 0 Å². The van der Waals surface area contributed by atoms with E-state index in [9.17, 15) is 14.9 Å². The molecular formula is C32H31FN10. The van der Waals surface area contributed by atoms with E-state index < -0.39 is 6.04 Å². The lowest BCUT2D eigenvalue weighted by atomic mass is 9.96. The number of nitriles is 2. The predicted octanol–water partition coefficient (Wildman–Crippen LogP) is 5.37. The van der Waals surface area contributed by atoms with Crippen LogP contribution in [0, 0.1) is 33.9 Å². The molecule has 2 aromatic heterocycles. The number of hydrazine groups is 2. The van der Waals surface area contributed by atoms with E-state index in [0.29, 0.717) is 39.9 Å². The van der Waals surface area contributed by atoms with E-state index in [0.717, 1.165) is 29.8 Å². The Morgan fingerprint density at radius 3 is 2.51 bits per heavy atom. The predicted molar refractivity (Wildman–Crippen MR) is 161 cm³/mol. The summed E-state index contributed by atoms with van der Waals surface area (Å²) >= 11 is 0. The van der Waals surface area contributed by atoms with Gasteiger partial charge in [-0.3, -0.25) is 9.99 Å². The molecule has 3 heterocycles. The smallest absolute Gasteiger partial charge is 0.123 e. The Morgan fingerprint density at radius 1 is 1.09 bits per heavy atom. The summed E-state index contributed by atoms with van der Waals surface area (Å²) in [6, 6.07) is 17.8. The standard InChI is InChI=1S/C32H31FN10/c1-31(2,3)19-37-29-22(16-35)17-36-28-21(15-34)13-24(14-25(28)29)39-30(20-6-8-23(33)9-7-20)26-18-43(42-40-26)32(10-11-32)27-5-4-12-38-41-27/h4-9,12-14,17-18,30,39-40,42H,10-11,19H2,1-3H3,(H,36,37)/t30-/m0/s1. The molecule has 4 aromatic rings. The molecule has 1 atom stereocenters. The van der Waals surface area contributed by atoms with E-state index in [2.05, 4.69) is 69.7 Å². The fraction of sp³-hybridized carbons (Fsp3) is 0.281. The average Bonchev–Trinajstić information content (AvgIpc) is 3.68. The molecule has 10 nitrogen and oxygen atoms in total. The van der Waals surface area contributed by atoms with Gasteiger partial charge in [0, 0.05) is 36.2 Å². The van der Waals surface area contributed by atoms with E-state index in [1.165, 1.54) is 18.3 Å². The fourth-order valence-corrected chi connectivity index (χ4v) is 5.26. The third-order valence-electron chi connectivity index (χ3n) is 7.66. The molecule has 1 aliphatic carbocycles. The number of nitrogens with zero attached hydrogens (tertiary/aromatic N) is 6. The Kier molecular flexibility index (Phi) is 7.04. The van der Waals surface area contributed by atoms with Crippen molar-refractivity contribution >= 4 is 22.3 Å². The van der Waals surface area contributed by atoms with Crippen LogP contribution in [0.4, 0.5) is 15.8 Å². The molecule has 43 heavy (non-hydrogen) atoms. The van der Waals surface area contributed by atoms with Gasteiger partial charge in [-0.25, -0.2) is 4.39 Å². The number of pyridine rings is 1. The first-order valence-corrected chi connectivity index (χ1v) is 14.0. The van der Waals surface area contributed by atoms with Crippen LogP contribution in [0.5, 0.6) is 0 Å². The maximum absolute atomic E-state index is 14.0. The van der Waals surface area contributed by atoms with E-state index in [1.54, 1.807) is 24.4 Å². The van der Waals surface area contributed by atoms with E-state index in [-0.39, 0.29) is 16.8 Å². The van der Waals surface area contributed by atoms with Crippen molar-refractivity contribution in [1.82, 2.24) is 31.2 Å². The van der Waals surface area contributed by atoms with Gasteiger partial charge in [-0.15, -0.1) is 5.53 Å². The second kappa shape index (κ2) is 10.9. The van der Waals surface area contributed by atoms with Gasteiger partial charge >= 0.3 is 0 Å². The molecule has 0 radical (unpaired) electrons. The summed E-state index contributed by atoms with van der Waals surface area (Å²) < 4.78 is 14.0. The summed E-state index contributed by atoms with van der Waals surface area (Å²) in [5, 5.41) is 38.0. The van der Waals surface area contributed by atoms with Crippen LogP contribution in [-0.4, -0.2) is 26.7 Å². The summed E-state index contributed by atoms with van der Waals surface area (Å²) in [6.07, 6.45) is 6.96. The minimum atomic E-state index is -0.446. The topological polar surface area (TPSA) is 138 Å². The van der Waals surface area contributed by atoms with Crippen LogP contribution in [0.15, 0.2) is 72.8 Å². The van der Waals surface area contributed by atoms with Crippen molar-refractivity contribution in [1.29, 1.82) is 10.5 Å². The van der Waals surface area contributed by atoms with E-state index in [4.69, 9.17) is 0 Å². The number of nitrogens with one attached hydrogen (secondary N) is 4. The molecule has 2 aliphatic rings. The van der Waals surface area contributed by atoms with Crippen molar-refractivity contribution in [3.63, 3.8) is 0 Å². The van der Waals surface area contributed by atoms with Crippen LogP contribution in [0.3, 0.4) is 0 Å². The number of halogens is 1. The molecule has 1 fully saturated rings. The molecule has 4 N–H and O–H groups in total. The monoisotopic (exact) mass is 574 g/mol. The third-order valence-corrected chi connectivity index (χ3v) is 7.66. The number of hydrogen-bond acceptors (Lipinski definition) is 10. The molecule has 2 aromatic carbocycles. The molecular weight excluding hydrogens is 543 g/mol. The number of aromatic nitrogens is 3. The van der Waals surface area contributed by atoms with Gasteiger partial charge in [0.1, 0.15) is 23.5 Å². The van der Waals surface area contributed by atoms with E-state index in [1.807, 2.05) is 29.4 Å². The van der Waals surface area contributed by atoms with Gasteiger partial charge in [-0.05, 0) is 60.2 Å². The summed E-state index contributed by atoms with van der Waals surface area (Å²) in [5.74, 6) is -0.336. The van der Waals surface area contributed by atoms with Crippen molar-refractivity contribution in [3.8, 4) is 12.1 Å². The quantitative estimate of drug-likeness (QED) is 0.217. The fourth-order valence-electron chi connectivity index (χ4n) is 5.26. The zero-order valence-electron chi connectivity index (χ0n) is 24.1. The van der Waals surface area contributed by atoms with Crippen LogP contribution in [0.2, 0.25) is 0 Å². The Bertz CT molecular complexity index is 1780. The molecule has 0 amide bonds. The normalized spacial score (nSPS) is 16.0. The SMILES string of the molecule is CC(C)(C)CNc1c(C#N)cnc2c(C#N)cc(N[C@H](C3=CN(C4(c5cccnn5)CC4)NN3)c3ccc(F)cc3)cc12. The first-order valence-electron chi connectivity index (χ1n) is 14.0. The number of fused-ring (bicyclic) bond motifs is 1. The Balaban J connectivity index is 1.41. The van der Waals surface area contributed by atoms with Crippen LogP contribution < -0.4 is 21.6 Å². The Morgan fingerprint density at radius 2 is 1.86 bits per heavy atom. The zero-order valence-corrected chi connectivity index (χ0v) is 24.1. The van der Waals surface area contributed by atoms with Gasteiger partial charge in [-0.2, -0.15) is 20.7 Å². The first kappa shape index (κ1) is 27.9. The zero-order chi connectivity index (χ0) is 30.2. The maximum atomic E-state index is 14.0. The minimum Gasteiger partial charge on any atom is -0.383 e. The Labute approximate surface area is 249 Å². The molecule has 0 saturated heterocycles. The van der Waals surface area contributed by atoms with Gasteiger partial charge in [-0.1, -0.05) is 32.9 Å². The van der Waals surface area contributed by atoms with Crippen LogP contribution in [0.25, 0.3) is 10.9 Å². The van der Waals surface area contributed by atoms with Crippen molar-refractivity contribution < 1.29 is 4.39 Å². The highest BCUT2D eigenvalue weighted by atomic mass is 19.1. The van der Waals surface area contributed by atoms with Crippen molar-refractivity contribution in [2.45, 2.75) is 45.2 Å². The summed E-state index contributed by atoms with van der Waals surface area (Å²) in [6.45, 7) is 6.93. The van der Waals surface area contributed by atoms with Gasteiger partial charge in [0.05, 0.1) is 39.8 Å². The number of hydrogen-bond donors (Lipinski definition) is 4. The number of benzene rings is 2. The van der Waals surface area contributed by atoms with Crippen molar-refractivity contribution in [2.75, 3.05) is 17.2 Å². The van der Waals surface area contributed by atoms with Gasteiger partial charge in [0.25, 0.3) is 0 Å². The van der Waals surface area contributed by atoms with Gasteiger partial charge in [0.2, 0.25) is 0 Å². The average molecular weight is 575 g/mol. The summed E-state index contributed by atoms with van der Waals surface area (Å²) in [4.78, 5) is 4.46. The molecule has 6 rings (SSSR count). The molecule has 216 valence electrons. The molecule has 0 unspecified atom stereocenters. The summed E-state index contributed by atoms with van der Waals surface area (Å²) in [5.41, 5.74) is 11.2. The molecule has 0 spiro atoms. The highest BCUT2D eigenvalue weighted by molar-refractivity contribution is 5.99. The van der Waals surface area contributed by atoms with Crippen LogP contribution in [0.1, 0.15) is 62.0 Å². The third kappa shape index (κ3) is 5.51. The maximum Gasteiger partial charge on any atom is 0.123 e. The van der Waals surface area contributed by atoms with Crippen LogP contribution >= 0.6 is 0 Å². The van der Waals surface area contributed by atoms with Crippen molar-refractivity contribution in [3.05, 3.63) is 101 Å². The molecule has 0 bridgehead atoms. The van der Waals surface area contributed by atoms with Gasteiger partial charge < -0.3 is 16.1 Å². The second-order valence-electron chi connectivity index (χ2n) is 12.1. The largest absolute Gasteiger partial charge is 0.383 e. The minimum absolute atomic E-state index is 0.0480. The second-order valence-corrected chi connectivity index (χ2v) is 12.1. The first-order chi connectivity index (χ1) is 20.7. The van der Waals surface area contributed by atoms with E-state index >= 15 is 0 Å². The van der Waals surface area contributed by atoms with Crippen LogP contribution in [-0.2, 0) is 5.54 Å². The lowest BCUT2D eigenvalue weighted by Crippen LogP contribution is -2.44. The lowest BCUT2D eigenvalue weighted by Gasteiger charge is -2.25. The highest BCUT2D eigenvalue weighted by Gasteiger charge is 2.52. The highest BCUT2D eigenvalue weighted by Crippen LogP contribution is 2.50. The lowest BCUT2D eigenvalue weighted by molar-refractivity contribution is 0.172. The Hall–Kier alpha value is -5.26. The van der Waals surface area contributed by atoms with Crippen molar-refractivity contribution in [2.24, 2.45) is 5.41 Å². The summed E-state index contributed by atoms with van der Waals surface area (Å²) in [7, 11) is 0. The number of anilines is 2.